The van der Waals surface area contributed by atoms with Gasteiger partial charge in [0.15, 0.2) is 0 Å². The lowest BCUT2D eigenvalue weighted by atomic mass is 9.62. The van der Waals surface area contributed by atoms with Gasteiger partial charge in [-0.1, -0.05) is 68.8 Å². The number of hydrogen-bond donors (Lipinski definition) is 4. The van der Waals surface area contributed by atoms with Gasteiger partial charge < -0.3 is 21.1 Å². The molecular formula is C30H38Cl2FN3O3. The number of hydrogen-bond acceptors (Lipinski definition) is 4. The van der Waals surface area contributed by atoms with Crippen molar-refractivity contribution in [2.75, 3.05) is 12.0 Å². The van der Waals surface area contributed by atoms with Crippen molar-refractivity contribution < 1.29 is 19.1 Å². The summed E-state index contributed by atoms with van der Waals surface area (Å²) in [6.45, 7) is 9.83. The minimum Gasteiger partial charge on any atom is -0.393 e. The highest BCUT2D eigenvalue weighted by Crippen LogP contribution is 2.55. The molecule has 1 saturated carbocycles. The Bertz CT molecular complexity index is 1190. The van der Waals surface area contributed by atoms with Crippen LogP contribution in [0.25, 0.3) is 0 Å². The smallest absolute Gasteiger partial charge is 0.238 e. The van der Waals surface area contributed by atoms with Crippen molar-refractivity contribution >= 4 is 40.7 Å². The van der Waals surface area contributed by atoms with Crippen molar-refractivity contribution in [3.8, 4) is 0 Å². The number of carbonyl (C=O) groups is 2. The molecule has 1 saturated heterocycles. The van der Waals surface area contributed by atoms with E-state index in [-0.39, 0.29) is 40.4 Å². The number of halogens is 3. The predicted octanol–water partition coefficient (Wildman–Crippen LogP) is 5.55. The molecule has 4 rings (SSSR count). The highest BCUT2D eigenvalue weighted by molar-refractivity contribution is 6.31. The molecule has 0 aromatic heterocycles. The Balaban J connectivity index is 1.81. The van der Waals surface area contributed by atoms with Gasteiger partial charge in [0.25, 0.3) is 0 Å². The number of aliphatic hydroxyl groups excluding tert-OH is 1. The Morgan fingerprint density at radius 2 is 1.97 bits per heavy atom. The van der Waals surface area contributed by atoms with Crippen LogP contribution in [-0.2, 0) is 15.0 Å². The van der Waals surface area contributed by atoms with Crippen molar-refractivity contribution in [3.05, 3.63) is 64.2 Å². The molecule has 1 aromatic rings. The van der Waals surface area contributed by atoms with Crippen molar-refractivity contribution in [1.29, 1.82) is 0 Å². The Kier molecular flexibility index (Phi) is 8.96. The van der Waals surface area contributed by atoms with Crippen LogP contribution in [0.1, 0.15) is 58.4 Å². The van der Waals surface area contributed by atoms with E-state index in [4.69, 9.17) is 23.2 Å². The van der Waals surface area contributed by atoms with Crippen LogP contribution in [0.4, 0.5) is 10.1 Å². The van der Waals surface area contributed by atoms with E-state index in [1.54, 1.807) is 24.3 Å². The summed E-state index contributed by atoms with van der Waals surface area (Å²) < 4.78 is 12.9. The average molecular weight is 579 g/mol. The number of alkyl halides is 1. The van der Waals surface area contributed by atoms with Gasteiger partial charge >= 0.3 is 0 Å². The maximum Gasteiger partial charge on any atom is 0.238 e. The number of amides is 2. The Labute approximate surface area is 240 Å². The molecule has 0 unspecified atom stereocenters. The summed E-state index contributed by atoms with van der Waals surface area (Å²) in [5, 5.41) is 20.2. The third-order valence-corrected chi connectivity index (χ3v) is 8.52. The van der Waals surface area contributed by atoms with Crippen molar-refractivity contribution in [2.45, 2.75) is 82.5 Å². The Hall–Kier alpha value is -2.19. The normalized spacial score (nSPS) is 31.0. The first kappa shape index (κ1) is 29.8. The first-order chi connectivity index (χ1) is 18.4. The number of benzene rings is 1. The molecule has 212 valence electrons. The van der Waals surface area contributed by atoms with Gasteiger partial charge in [0.05, 0.1) is 12.1 Å². The van der Waals surface area contributed by atoms with Gasteiger partial charge in [-0.25, -0.2) is 4.39 Å². The van der Waals surface area contributed by atoms with Gasteiger partial charge in [0, 0.05) is 33.7 Å². The molecule has 39 heavy (non-hydrogen) atoms. The lowest BCUT2D eigenvalue weighted by Crippen LogP contribution is -2.51. The Morgan fingerprint density at radius 3 is 2.62 bits per heavy atom. The van der Waals surface area contributed by atoms with E-state index in [2.05, 4.69) is 43.3 Å². The minimum atomic E-state index is -1.13. The molecule has 1 aromatic carbocycles. The fraction of sp³-hybridized carbons (Fsp3) is 0.533. The summed E-state index contributed by atoms with van der Waals surface area (Å²) in [4.78, 5) is 28.0. The van der Waals surface area contributed by atoms with Gasteiger partial charge in [-0.15, -0.1) is 0 Å². The Morgan fingerprint density at radius 1 is 1.28 bits per heavy atom. The van der Waals surface area contributed by atoms with Gasteiger partial charge in [-0.3, -0.25) is 9.59 Å². The SMILES string of the molecule is C=C(/C=C\C=C(\Cl)CF)[C@H]1[C@H](C(=O)N[C@H]2CC[C@@H](O)CC2)N[C@H](CC(C)(C)C)[C@]12C(=O)Nc1cc(Cl)ccc12. The zero-order chi connectivity index (χ0) is 28.5. The summed E-state index contributed by atoms with van der Waals surface area (Å²) in [6.07, 6.45) is 7.67. The number of nitrogens with one attached hydrogen (secondary N) is 3. The van der Waals surface area contributed by atoms with E-state index < -0.39 is 24.0 Å². The van der Waals surface area contributed by atoms with E-state index in [0.717, 1.165) is 5.56 Å². The predicted molar refractivity (Wildman–Crippen MR) is 155 cm³/mol. The molecule has 4 atom stereocenters. The molecule has 4 N–H and O–H groups in total. The fourth-order valence-corrected chi connectivity index (χ4v) is 6.65. The zero-order valence-electron chi connectivity index (χ0n) is 22.7. The van der Waals surface area contributed by atoms with Gasteiger partial charge in [0.2, 0.25) is 11.8 Å². The second kappa shape index (κ2) is 11.7. The molecule has 6 nitrogen and oxygen atoms in total. The molecule has 9 heteroatoms. The second-order valence-electron chi connectivity index (χ2n) is 12.1. The van der Waals surface area contributed by atoms with Gasteiger partial charge in [0.1, 0.15) is 12.1 Å². The number of allylic oxidation sites excluding steroid dienone is 4. The van der Waals surface area contributed by atoms with E-state index in [0.29, 0.717) is 48.4 Å². The van der Waals surface area contributed by atoms with E-state index >= 15 is 0 Å². The molecule has 2 aliphatic heterocycles. The second-order valence-corrected chi connectivity index (χ2v) is 13.1. The standard InChI is InChI=1S/C30H38Cl2FN3O3/c1-17(6-5-7-19(32)16-33)25-26(27(38)34-20-9-11-21(37)12-10-20)36-24(15-29(2,3)4)30(25)22-13-8-18(31)14-23(22)35-28(30)39/h5-8,13-14,20-21,24-26,36-37H,1,9-12,15-16H2,2-4H3,(H,34,38)(H,35,39)/b6-5-,19-7+/t20-,21+,24-,25+,26-,30+/m1/s1. The van der Waals surface area contributed by atoms with Crippen LogP contribution in [0.3, 0.4) is 0 Å². The van der Waals surface area contributed by atoms with E-state index in [1.165, 1.54) is 6.08 Å². The van der Waals surface area contributed by atoms with Crippen LogP contribution in [0, 0.1) is 11.3 Å². The minimum absolute atomic E-state index is 0.0382. The number of carbonyl (C=O) groups excluding carboxylic acids is 2. The van der Waals surface area contributed by atoms with Crippen LogP contribution in [0.2, 0.25) is 5.02 Å². The number of anilines is 1. The number of rotatable bonds is 7. The quantitative estimate of drug-likeness (QED) is 0.320. The molecule has 1 aliphatic carbocycles. The lowest BCUT2D eigenvalue weighted by Gasteiger charge is -2.38. The molecule has 0 radical (unpaired) electrons. The molecule has 1 spiro atoms. The largest absolute Gasteiger partial charge is 0.393 e. The maximum absolute atomic E-state index is 14.1. The summed E-state index contributed by atoms with van der Waals surface area (Å²) in [7, 11) is 0. The third-order valence-electron chi connectivity index (χ3n) is 8.06. The van der Waals surface area contributed by atoms with Crippen LogP contribution in [0.5, 0.6) is 0 Å². The van der Waals surface area contributed by atoms with Gasteiger partial charge in [-0.05, 0) is 66.9 Å². The monoisotopic (exact) mass is 577 g/mol. The fourth-order valence-electron chi connectivity index (χ4n) is 6.41. The summed E-state index contributed by atoms with van der Waals surface area (Å²) in [6, 6.07) is 4.16. The van der Waals surface area contributed by atoms with Crippen molar-refractivity contribution in [3.63, 3.8) is 0 Å². The molecule has 2 amide bonds. The highest BCUT2D eigenvalue weighted by atomic mass is 35.5. The van der Waals surface area contributed by atoms with Crippen LogP contribution < -0.4 is 16.0 Å². The van der Waals surface area contributed by atoms with Crippen molar-refractivity contribution in [2.24, 2.45) is 11.3 Å². The highest BCUT2D eigenvalue weighted by Gasteiger charge is 2.65. The number of aliphatic hydroxyl groups is 1. The lowest BCUT2D eigenvalue weighted by molar-refractivity contribution is -0.125. The van der Waals surface area contributed by atoms with Crippen LogP contribution in [0.15, 0.2) is 53.6 Å². The summed E-state index contributed by atoms with van der Waals surface area (Å²) in [5.41, 5.74) is 0.650. The van der Waals surface area contributed by atoms with Crippen LogP contribution >= 0.6 is 23.2 Å². The van der Waals surface area contributed by atoms with E-state index in [9.17, 15) is 19.1 Å². The molecule has 2 fully saturated rings. The maximum atomic E-state index is 14.1. The molecule has 2 heterocycles. The first-order valence-corrected chi connectivity index (χ1v) is 14.3. The van der Waals surface area contributed by atoms with Gasteiger partial charge in [-0.2, -0.15) is 0 Å². The topological polar surface area (TPSA) is 90.5 Å². The first-order valence-electron chi connectivity index (χ1n) is 13.5. The molecule has 3 aliphatic rings. The summed E-state index contributed by atoms with van der Waals surface area (Å²) >= 11 is 12.2. The van der Waals surface area contributed by atoms with Crippen molar-refractivity contribution in [1.82, 2.24) is 10.6 Å². The third kappa shape index (κ3) is 6.12. The number of fused-ring (bicyclic) bond motifs is 2. The van der Waals surface area contributed by atoms with Crippen LogP contribution in [-0.4, -0.2) is 47.8 Å². The molecule has 0 bridgehead atoms. The van der Waals surface area contributed by atoms with E-state index in [1.807, 2.05) is 6.07 Å². The zero-order valence-corrected chi connectivity index (χ0v) is 24.2. The average Bonchev–Trinajstić information content (AvgIpc) is 3.34. The summed E-state index contributed by atoms with van der Waals surface area (Å²) in [5.74, 6) is -1.07. The molecular weight excluding hydrogens is 540 g/mol.